The third kappa shape index (κ3) is 3.68. The lowest BCUT2D eigenvalue weighted by Gasteiger charge is -2.03. The molecular formula is C11H13N3O2S3. The molecule has 2 aromatic rings. The van der Waals surface area contributed by atoms with Crippen molar-refractivity contribution in [3.63, 3.8) is 0 Å². The summed E-state index contributed by atoms with van der Waals surface area (Å²) in [4.78, 5) is 1.34. The number of nitrogens with zero attached hydrogens (tertiary/aromatic N) is 2. The van der Waals surface area contributed by atoms with E-state index in [2.05, 4.69) is 14.9 Å². The van der Waals surface area contributed by atoms with Crippen molar-refractivity contribution in [1.29, 1.82) is 0 Å². The Morgan fingerprint density at radius 1 is 1.32 bits per heavy atom. The number of benzene rings is 1. The van der Waals surface area contributed by atoms with E-state index in [1.807, 2.05) is 7.05 Å². The molecule has 2 rings (SSSR count). The van der Waals surface area contributed by atoms with Crippen LogP contribution in [-0.4, -0.2) is 31.3 Å². The molecule has 0 radical (unpaired) electrons. The Morgan fingerprint density at radius 3 is 2.58 bits per heavy atom. The summed E-state index contributed by atoms with van der Waals surface area (Å²) in [6.45, 7) is 0. The molecule has 19 heavy (non-hydrogen) atoms. The Hall–Kier alpha value is -1.12. The fourth-order valence-corrected chi connectivity index (χ4v) is 3.51. The van der Waals surface area contributed by atoms with E-state index >= 15 is 0 Å². The maximum absolute atomic E-state index is 11.3. The van der Waals surface area contributed by atoms with E-state index in [1.54, 1.807) is 36.0 Å². The fourth-order valence-electron chi connectivity index (χ4n) is 1.43. The lowest BCUT2D eigenvalue weighted by Crippen LogP contribution is -1.96. The number of sulfone groups is 1. The average Bonchev–Trinajstić information content (AvgIpc) is 2.83. The number of hydrogen-bond acceptors (Lipinski definition) is 7. The van der Waals surface area contributed by atoms with E-state index in [4.69, 9.17) is 0 Å². The summed E-state index contributed by atoms with van der Waals surface area (Å²) in [5.74, 6) is 0.699. The molecule has 5 nitrogen and oxygen atoms in total. The van der Waals surface area contributed by atoms with Crippen LogP contribution in [-0.2, 0) is 15.6 Å². The number of nitrogens with one attached hydrogen (secondary N) is 1. The van der Waals surface area contributed by atoms with Gasteiger partial charge in [0.15, 0.2) is 9.84 Å². The normalized spacial score (nSPS) is 11.5. The second-order valence-corrected chi connectivity index (χ2v) is 7.65. The Bertz CT molecular complexity index is 650. The van der Waals surface area contributed by atoms with Crippen LogP contribution in [0.15, 0.2) is 34.1 Å². The monoisotopic (exact) mass is 315 g/mol. The summed E-state index contributed by atoms with van der Waals surface area (Å²) in [5.41, 5.74) is 0.907. The van der Waals surface area contributed by atoms with Gasteiger partial charge in [-0.3, -0.25) is 0 Å². The summed E-state index contributed by atoms with van der Waals surface area (Å²) in [6.07, 6.45) is 1.20. The highest BCUT2D eigenvalue weighted by atomic mass is 32.2. The molecule has 1 aromatic heterocycles. The predicted octanol–water partition coefficient (Wildman–Crippen LogP) is 2.28. The second-order valence-electron chi connectivity index (χ2n) is 3.83. The Labute approximate surface area is 120 Å². The summed E-state index contributed by atoms with van der Waals surface area (Å²) < 4.78 is 26.6. The van der Waals surface area contributed by atoms with E-state index in [1.165, 1.54) is 17.8 Å². The quantitative estimate of drug-likeness (QED) is 0.854. The van der Waals surface area contributed by atoms with E-state index < -0.39 is 9.84 Å². The molecule has 1 aromatic carbocycles. The lowest BCUT2D eigenvalue weighted by molar-refractivity contribution is 0.602. The summed E-state index contributed by atoms with van der Waals surface area (Å²) in [7, 11) is -1.29. The van der Waals surface area contributed by atoms with Gasteiger partial charge >= 0.3 is 0 Å². The van der Waals surface area contributed by atoms with Crippen LogP contribution in [0.4, 0.5) is 5.00 Å². The lowest BCUT2D eigenvalue weighted by atomic mass is 10.4. The van der Waals surface area contributed by atoms with Gasteiger partial charge < -0.3 is 5.32 Å². The van der Waals surface area contributed by atoms with Crippen LogP contribution >= 0.6 is 23.3 Å². The first kappa shape index (κ1) is 14.3. The van der Waals surface area contributed by atoms with Crippen LogP contribution in [0.5, 0.6) is 0 Å². The van der Waals surface area contributed by atoms with Crippen LogP contribution in [0.3, 0.4) is 0 Å². The van der Waals surface area contributed by atoms with Gasteiger partial charge in [0.2, 0.25) is 0 Å². The molecule has 0 aliphatic heterocycles. The largest absolute Gasteiger partial charge is 0.377 e. The molecule has 0 spiro atoms. The van der Waals surface area contributed by atoms with Crippen LogP contribution < -0.4 is 5.32 Å². The van der Waals surface area contributed by atoms with E-state index in [-0.39, 0.29) is 0 Å². The van der Waals surface area contributed by atoms with E-state index in [0.717, 1.165) is 15.6 Å². The fraction of sp³-hybridized carbons (Fsp3) is 0.273. The van der Waals surface area contributed by atoms with Crippen LogP contribution in [0.2, 0.25) is 0 Å². The zero-order valence-electron chi connectivity index (χ0n) is 10.5. The number of hydrogen-bond donors (Lipinski definition) is 1. The molecule has 0 aliphatic carbocycles. The highest BCUT2D eigenvalue weighted by Crippen LogP contribution is 2.27. The van der Waals surface area contributed by atoms with Gasteiger partial charge in [0, 0.05) is 35.5 Å². The molecule has 0 saturated carbocycles. The number of rotatable bonds is 5. The van der Waals surface area contributed by atoms with Crippen molar-refractivity contribution in [3.8, 4) is 0 Å². The SMILES string of the molecule is CNc1snnc1CSc1ccc(S(C)(=O)=O)cc1. The molecular weight excluding hydrogens is 302 g/mol. The third-order valence-electron chi connectivity index (χ3n) is 2.41. The van der Waals surface area contributed by atoms with Gasteiger partial charge in [0.05, 0.1) is 4.90 Å². The van der Waals surface area contributed by atoms with Crippen molar-refractivity contribution >= 4 is 38.1 Å². The van der Waals surface area contributed by atoms with Crippen LogP contribution in [0.25, 0.3) is 0 Å². The molecule has 0 saturated heterocycles. The minimum atomic E-state index is -3.13. The maximum atomic E-state index is 11.3. The summed E-state index contributed by atoms with van der Waals surface area (Å²) in [6, 6.07) is 6.85. The van der Waals surface area contributed by atoms with Gasteiger partial charge in [-0.25, -0.2) is 8.42 Å². The van der Waals surface area contributed by atoms with Gasteiger partial charge in [-0.1, -0.05) is 4.49 Å². The minimum absolute atomic E-state index is 0.336. The molecule has 0 bridgehead atoms. The minimum Gasteiger partial charge on any atom is -0.377 e. The molecule has 0 amide bonds. The Morgan fingerprint density at radius 2 is 2.00 bits per heavy atom. The first-order valence-corrected chi connectivity index (χ1v) is 9.07. The van der Waals surface area contributed by atoms with E-state index in [0.29, 0.717) is 10.6 Å². The van der Waals surface area contributed by atoms with Gasteiger partial charge in [-0.2, -0.15) is 0 Å². The topological polar surface area (TPSA) is 72.0 Å². The maximum Gasteiger partial charge on any atom is 0.175 e. The number of anilines is 1. The van der Waals surface area contributed by atoms with Crippen molar-refractivity contribution in [2.24, 2.45) is 0 Å². The first-order valence-electron chi connectivity index (χ1n) is 5.42. The van der Waals surface area contributed by atoms with Crippen molar-refractivity contribution in [2.75, 3.05) is 18.6 Å². The average molecular weight is 315 g/mol. The zero-order valence-corrected chi connectivity index (χ0v) is 12.9. The van der Waals surface area contributed by atoms with Crippen LogP contribution in [0.1, 0.15) is 5.69 Å². The highest BCUT2D eigenvalue weighted by Gasteiger charge is 2.08. The van der Waals surface area contributed by atoms with Crippen LogP contribution in [0, 0.1) is 0 Å². The highest BCUT2D eigenvalue weighted by molar-refractivity contribution is 7.98. The summed E-state index contributed by atoms with van der Waals surface area (Å²) >= 11 is 2.92. The molecule has 1 N–H and O–H groups in total. The summed E-state index contributed by atoms with van der Waals surface area (Å²) in [5, 5.41) is 8.05. The Balaban J connectivity index is 2.05. The van der Waals surface area contributed by atoms with Crippen molar-refractivity contribution in [3.05, 3.63) is 30.0 Å². The molecule has 1 heterocycles. The molecule has 0 fully saturated rings. The Kier molecular flexibility index (Phi) is 4.43. The van der Waals surface area contributed by atoms with Crippen molar-refractivity contribution in [2.45, 2.75) is 15.5 Å². The molecule has 0 atom stereocenters. The first-order chi connectivity index (χ1) is 9.00. The second kappa shape index (κ2) is 5.89. The van der Waals surface area contributed by atoms with Gasteiger partial charge in [0.25, 0.3) is 0 Å². The zero-order chi connectivity index (χ0) is 13.9. The van der Waals surface area contributed by atoms with Crippen molar-refractivity contribution < 1.29 is 8.42 Å². The van der Waals surface area contributed by atoms with Gasteiger partial charge in [-0.05, 0) is 24.3 Å². The van der Waals surface area contributed by atoms with Crippen molar-refractivity contribution in [1.82, 2.24) is 9.59 Å². The number of aromatic nitrogens is 2. The smallest absolute Gasteiger partial charge is 0.175 e. The molecule has 0 aliphatic rings. The molecule has 8 heteroatoms. The van der Waals surface area contributed by atoms with Gasteiger partial charge in [0.1, 0.15) is 10.7 Å². The van der Waals surface area contributed by atoms with Gasteiger partial charge in [-0.15, -0.1) is 16.9 Å². The third-order valence-corrected chi connectivity index (χ3v) is 5.35. The predicted molar refractivity (Wildman–Crippen MR) is 78.6 cm³/mol. The standard InChI is InChI=1S/C11H13N3O2S3/c1-12-11-10(13-14-18-11)7-17-8-3-5-9(6-4-8)19(2,15)16/h3-6,12H,7H2,1-2H3. The molecule has 0 unspecified atom stereocenters. The number of thioether (sulfide) groups is 1. The molecule has 102 valence electrons. The van der Waals surface area contributed by atoms with E-state index in [9.17, 15) is 8.42 Å².